The fourth-order valence-corrected chi connectivity index (χ4v) is 3.54. The number of hydrogen-bond acceptors (Lipinski definition) is 1. The van der Waals surface area contributed by atoms with Gasteiger partial charge < -0.3 is 5.11 Å². The molecule has 0 aliphatic rings. The summed E-state index contributed by atoms with van der Waals surface area (Å²) in [4.78, 5) is 0. The number of aromatic hydroxyl groups is 1. The number of benzene rings is 1. The molecule has 0 heterocycles. The zero-order chi connectivity index (χ0) is 16.2. The monoisotopic (exact) mass is 304 g/mol. The highest BCUT2D eigenvalue weighted by molar-refractivity contribution is 5.35. The van der Waals surface area contributed by atoms with Crippen molar-refractivity contribution in [2.24, 2.45) is 5.92 Å². The smallest absolute Gasteiger partial charge is 0.119 e. The highest BCUT2D eigenvalue weighted by atomic mass is 16.3. The lowest BCUT2D eigenvalue weighted by molar-refractivity contribution is 0.321. The molecule has 1 unspecified atom stereocenters. The van der Waals surface area contributed by atoms with E-state index in [-0.39, 0.29) is 0 Å². The van der Waals surface area contributed by atoms with Crippen molar-refractivity contribution in [3.05, 3.63) is 29.8 Å². The molecule has 0 aliphatic heterocycles. The molecule has 1 heteroatoms. The highest BCUT2D eigenvalue weighted by Crippen LogP contribution is 2.40. The number of rotatable bonds is 12. The number of hydrogen-bond donors (Lipinski definition) is 1. The van der Waals surface area contributed by atoms with E-state index in [2.05, 4.69) is 32.9 Å². The number of phenolic OH excluding ortho intramolecular Hbond substituents is 1. The van der Waals surface area contributed by atoms with Crippen molar-refractivity contribution in [3.8, 4) is 5.75 Å². The summed E-state index contributed by atoms with van der Waals surface area (Å²) < 4.78 is 0. The van der Waals surface area contributed by atoms with Gasteiger partial charge in [-0.05, 0) is 42.7 Å². The van der Waals surface area contributed by atoms with E-state index in [0.29, 0.717) is 11.7 Å². The molecule has 0 radical (unpaired) electrons. The second kappa shape index (κ2) is 11.6. The summed E-state index contributed by atoms with van der Waals surface area (Å²) in [5, 5.41) is 10.3. The Bertz CT molecular complexity index is 377. The van der Waals surface area contributed by atoms with Crippen LogP contribution in [0.15, 0.2) is 24.3 Å². The summed E-state index contributed by atoms with van der Waals surface area (Å²) in [6.45, 7) is 6.83. The van der Waals surface area contributed by atoms with Gasteiger partial charge in [0, 0.05) is 0 Å². The van der Waals surface area contributed by atoms with E-state index in [0.717, 1.165) is 5.92 Å². The van der Waals surface area contributed by atoms with E-state index < -0.39 is 0 Å². The van der Waals surface area contributed by atoms with Gasteiger partial charge in [0.2, 0.25) is 0 Å². The Hall–Kier alpha value is -0.980. The zero-order valence-corrected chi connectivity index (χ0v) is 15.0. The maximum absolute atomic E-state index is 10.3. The molecular formula is C21H36O. The van der Waals surface area contributed by atoms with Gasteiger partial charge in [0.15, 0.2) is 0 Å². The summed E-state index contributed by atoms with van der Waals surface area (Å²) >= 11 is 0. The normalized spacial score (nSPS) is 12.7. The number of para-hydroxylation sites is 1. The SMILES string of the molecule is CCCCCC(c1ccccc1O)C(CCCC)CCCC. The lowest BCUT2D eigenvalue weighted by Gasteiger charge is -2.28. The molecule has 1 rings (SSSR count). The molecule has 0 aromatic heterocycles. The minimum atomic E-state index is 0.502. The topological polar surface area (TPSA) is 20.2 Å². The largest absolute Gasteiger partial charge is 0.508 e. The van der Waals surface area contributed by atoms with Gasteiger partial charge in [0.05, 0.1) is 0 Å². The first-order valence-corrected chi connectivity index (χ1v) is 9.52. The fraction of sp³-hybridized carbons (Fsp3) is 0.714. The second-order valence-electron chi connectivity index (χ2n) is 6.71. The lowest BCUT2D eigenvalue weighted by atomic mass is 9.77. The van der Waals surface area contributed by atoms with Crippen LogP contribution in [0.4, 0.5) is 0 Å². The van der Waals surface area contributed by atoms with Gasteiger partial charge in [-0.25, -0.2) is 0 Å². The summed E-state index contributed by atoms with van der Waals surface area (Å²) in [6, 6.07) is 8.03. The third kappa shape index (κ3) is 6.42. The average Bonchev–Trinajstić information content (AvgIpc) is 2.53. The van der Waals surface area contributed by atoms with E-state index in [1.807, 2.05) is 12.1 Å². The molecule has 0 saturated heterocycles. The van der Waals surface area contributed by atoms with Crippen molar-refractivity contribution in [2.45, 2.75) is 90.9 Å². The van der Waals surface area contributed by atoms with Crippen molar-refractivity contribution in [3.63, 3.8) is 0 Å². The van der Waals surface area contributed by atoms with Gasteiger partial charge >= 0.3 is 0 Å². The first-order chi connectivity index (χ1) is 10.7. The first kappa shape index (κ1) is 19.1. The molecule has 126 valence electrons. The third-order valence-electron chi connectivity index (χ3n) is 4.88. The first-order valence-electron chi connectivity index (χ1n) is 9.52. The fourth-order valence-electron chi connectivity index (χ4n) is 3.54. The van der Waals surface area contributed by atoms with Gasteiger partial charge in [-0.1, -0.05) is 83.9 Å². The van der Waals surface area contributed by atoms with Crippen LogP contribution in [0.5, 0.6) is 5.75 Å². The minimum Gasteiger partial charge on any atom is -0.508 e. The average molecular weight is 305 g/mol. The van der Waals surface area contributed by atoms with Crippen LogP contribution in [0, 0.1) is 5.92 Å². The third-order valence-corrected chi connectivity index (χ3v) is 4.88. The van der Waals surface area contributed by atoms with Crippen LogP contribution in [-0.2, 0) is 0 Å². The Labute approximate surface area is 138 Å². The Morgan fingerprint density at radius 3 is 1.91 bits per heavy atom. The van der Waals surface area contributed by atoms with Crippen molar-refractivity contribution in [1.29, 1.82) is 0 Å². The molecule has 22 heavy (non-hydrogen) atoms. The van der Waals surface area contributed by atoms with Crippen LogP contribution in [0.2, 0.25) is 0 Å². The van der Waals surface area contributed by atoms with E-state index in [9.17, 15) is 5.11 Å². The van der Waals surface area contributed by atoms with Gasteiger partial charge in [-0.2, -0.15) is 0 Å². The lowest BCUT2D eigenvalue weighted by Crippen LogP contribution is -2.14. The highest BCUT2D eigenvalue weighted by Gasteiger charge is 2.24. The standard InChI is InChI=1S/C21H36O/c1-4-7-10-15-19(20-16-11-12-17-21(20)22)18(13-8-5-2)14-9-6-3/h11-12,16-19,22H,4-10,13-15H2,1-3H3. The van der Waals surface area contributed by atoms with Crippen molar-refractivity contribution in [2.75, 3.05) is 0 Å². The van der Waals surface area contributed by atoms with Crippen molar-refractivity contribution in [1.82, 2.24) is 0 Å². The number of unbranched alkanes of at least 4 members (excludes halogenated alkanes) is 4. The maximum Gasteiger partial charge on any atom is 0.119 e. The predicted molar refractivity (Wildman–Crippen MR) is 97.5 cm³/mol. The molecule has 0 spiro atoms. The van der Waals surface area contributed by atoms with Crippen LogP contribution in [0.3, 0.4) is 0 Å². The predicted octanol–water partition coefficient (Wildman–Crippen LogP) is 7.05. The zero-order valence-electron chi connectivity index (χ0n) is 15.0. The molecule has 1 aromatic carbocycles. The van der Waals surface area contributed by atoms with Gasteiger partial charge in [0.25, 0.3) is 0 Å². The van der Waals surface area contributed by atoms with Crippen LogP contribution in [-0.4, -0.2) is 5.11 Å². The van der Waals surface area contributed by atoms with Crippen molar-refractivity contribution < 1.29 is 5.11 Å². The molecule has 0 amide bonds. The van der Waals surface area contributed by atoms with Gasteiger partial charge in [-0.3, -0.25) is 0 Å². The van der Waals surface area contributed by atoms with E-state index in [4.69, 9.17) is 0 Å². The molecule has 1 N–H and O–H groups in total. The molecule has 1 atom stereocenters. The summed E-state index contributed by atoms with van der Waals surface area (Å²) in [7, 11) is 0. The van der Waals surface area contributed by atoms with Crippen LogP contribution in [0.25, 0.3) is 0 Å². The van der Waals surface area contributed by atoms with Crippen LogP contribution in [0.1, 0.15) is 96.5 Å². The maximum atomic E-state index is 10.3. The van der Waals surface area contributed by atoms with E-state index in [1.54, 1.807) is 0 Å². The molecule has 0 bridgehead atoms. The Morgan fingerprint density at radius 1 is 0.773 bits per heavy atom. The second-order valence-corrected chi connectivity index (χ2v) is 6.71. The Morgan fingerprint density at radius 2 is 1.36 bits per heavy atom. The number of phenols is 1. The molecule has 1 aromatic rings. The Kier molecular flexibility index (Phi) is 10.0. The minimum absolute atomic E-state index is 0.502. The van der Waals surface area contributed by atoms with E-state index >= 15 is 0 Å². The van der Waals surface area contributed by atoms with Gasteiger partial charge in [-0.15, -0.1) is 0 Å². The molecule has 0 saturated carbocycles. The summed E-state index contributed by atoms with van der Waals surface area (Å²) in [5.74, 6) is 1.76. The summed E-state index contributed by atoms with van der Waals surface area (Å²) in [5.41, 5.74) is 1.19. The quantitative estimate of drug-likeness (QED) is 0.410. The Balaban J connectivity index is 2.90. The molecule has 0 aliphatic carbocycles. The molecule has 1 nitrogen and oxygen atoms in total. The molecular weight excluding hydrogens is 268 g/mol. The van der Waals surface area contributed by atoms with E-state index in [1.165, 1.54) is 69.8 Å². The van der Waals surface area contributed by atoms with Crippen LogP contribution < -0.4 is 0 Å². The summed E-state index contributed by atoms with van der Waals surface area (Å²) in [6.07, 6.45) is 12.9. The van der Waals surface area contributed by atoms with Gasteiger partial charge in [0.1, 0.15) is 5.75 Å². The van der Waals surface area contributed by atoms with Crippen molar-refractivity contribution >= 4 is 0 Å². The van der Waals surface area contributed by atoms with Crippen LogP contribution >= 0.6 is 0 Å². The molecule has 0 fully saturated rings.